The van der Waals surface area contributed by atoms with Crippen LogP contribution in [0.5, 0.6) is 11.5 Å². The number of halogens is 1. The van der Waals surface area contributed by atoms with E-state index in [4.69, 9.17) is 27.5 Å². The number of benzene rings is 2. The summed E-state index contributed by atoms with van der Waals surface area (Å²) in [6.07, 6.45) is 7.07. The van der Waals surface area contributed by atoms with Gasteiger partial charge in [0, 0.05) is 10.6 Å². The average Bonchev–Trinajstić information content (AvgIpc) is 3.57. The molecule has 4 aromatic rings. The van der Waals surface area contributed by atoms with Gasteiger partial charge in [0.15, 0.2) is 16.3 Å². The molecule has 40 heavy (non-hydrogen) atoms. The Labute approximate surface area is 243 Å². The van der Waals surface area contributed by atoms with Crippen molar-refractivity contribution in [1.82, 2.24) is 4.57 Å². The Bertz CT molecular complexity index is 1820. The van der Waals surface area contributed by atoms with E-state index in [0.717, 1.165) is 4.88 Å². The third-order valence-electron chi connectivity index (χ3n) is 6.04. The lowest BCUT2D eigenvalue weighted by molar-refractivity contribution is -0.113. The number of carbonyl (C=O) groups is 1. The van der Waals surface area contributed by atoms with Crippen LogP contribution in [0, 0.1) is 12.3 Å². The van der Waals surface area contributed by atoms with E-state index in [2.05, 4.69) is 16.2 Å². The molecule has 0 unspecified atom stereocenters. The monoisotopic (exact) mass is 589 g/mol. The highest BCUT2D eigenvalue weighted by Crippen LogP contribution is 2.37. The molecule has 1 amide bonds. The Kier molecular flexibility index (Phi) is 8.21. The number of amides is 1. The molecule has 1 atom stereocenters. The molecule has 0 saturated carbocycles. The third-order valence-corrected chi connectivity index (χ3v) is 8.23. The van der Waals surface area contributed by atoms with Crippen LogP contribution in [-0.2, 0) is 4.79 Å². The number of thiazole rings is 1. The first kappa shape index (κ1) is 27.5. The molecule has 0 fully saturated rings. The fourth-order valence-corrected chi connectivity index (χ4v) is 6.53. The molecular formula is C30H24ClN3O4S2. The number of ether oxygens (including phenoxy) is 2. The van der Waals surface area contributed by atoms with Crippen molar-refractivity contribution < 1.29 is 14.3 Å². The van der Waals surface area contributed by atoms with E-state index >= 15 is 0 Å². The van der Waals surface area contributed by atoms with Gasteiger partial charge in [0.2, 0.25) is 0 Å². The molecular weight excluding hydrogens is 566 g/mol. The molecule has 0 bridgehead atoms. The van der Waals surface area contributed by atoms with Crippen molar-refractivity contribution in [2.45, 2.75) is 19.9 Å². The van der Waals surface area contributed by atoms with Gasteiger partial charge in [-0.1, -0.05) is 53.1 Å². The molecule has 5 rings (SSSR count). The first-order valence-electron chi connectivity index (χ1n) is 12.4. The highest BCUT2D eigenvalue weighted by molar-refractivity contribution is 7.10. The lowest BCUT2D eigenvalue weighted by Gasteiger charge is -2.24. The fraction of sp³-hybridized carbons (Fsp3) is 0.167. The van der Waals surface area contributed by atoms with Crippen LogP contribution >= 0.6 is 34.3 Å². The van der Waals surface area contributed by atoms with Gasteiger partial charge in [-0.15, -0.1) is 17.8 Å². The van der Waals surface area contributed by atoms with Gasteiger partial charge in [0.25, 0.3) is 11.5 Å². The molecule has 0 saturated heterocycles. The molecule has 7 nitrogen and oxygen atoms in total. The Hall–Kier alpha value is -4.10. The van der Waals surface area contributed by atoms with Crippen molar-refractivity contribution >= 4 is 51.9 Å². The Balaban J connectivity index is 1.61. The summed E-state index contributed by atoms with van der Waals surface area (Å²) >= 11 is 9.23. The van der Waals surface area contributed by atoms with E-state index in [1.54, 1.807) is 29.7 Å². The minimum atomic E-state index is -0.621. The minimum Gasteiger partial charge on any atom is -0.490 e. The van der Waals surface area contributed by atoms with Crippen molar-refractivity contribution in [1.29, 1.82) is 0 Å². The third kappa shape index (κ3) is 5.47. The summed E-state index contributed by atoms with van der Waals surface area (Å²) in [5, 5.41) is 5.19. The lowest BCUT2D eigenvalue weighted by atomic mass is 10.0. The predicted octanol–water partition coefficient (Wildman–Crippen LogP) is 5.00. The zero-order valence-electron chi connectivity index (χ0n) is 21.6. The number of para-hydroxylation sites is 1. The minimum absolute atomic E-state index is 0.0417. The van der Waals surface area contributed by atoms with E-state index in [1.165, 1.54) is 22.7 Å². The van der Waals surface area contributed by atoms with Gasteiger partial charge < -0.3 is 14.8 Å². The van der Waals surface area contributed by atoms with Gasteiger partial charge in [-0.25, -0.2) is 4.99 Å². The molecule has 1 aliphatic heterocycles. The Morgan fingerprint density at radius 2 is 2.02 bits per heavy atom. The van der Waals surface area contributed by atoms with E-state index in [-0.39, 0.29) is 18.1 Å². The second-order valence-electron chi connectivity index (χ2n) is 8.67. The summed E-state index contributed by atoms with van der Waals surface area (Å²) in [5.74, 6) is 2.89. The number of terminal acetylenes is 1. The molecule has 2 aromatic carbocycles. The maximum Gasteiger partial charge on any atom is 0.271 e. The number of nitrogens with one attached hydrogen (secondary N) is 1. The van der Waals surface area contributed by atoms with E-state index in [1.807, 2.05) is 54.8 Å². The zero-order valence-corrected chi connectivity index (χ0v) is 24.0. The number of nitrogens with zero attached hydrogens (tertiary/aromatic N) is 2. The smallest absolute Gasteiger partial charge is 0.271 e. The van der Waals surface area contributed by atoms with E-state index < -0.39 is 6.04 Å². The van der Waals surface area contributed by atoms with Crippen LogP contribution in [0.1, 0.15) is 30.3 Å². The summed E-state index contributed by atoms with van der Waals surface area (Å²) < 4.78 is 13.3. The summed E-state index contributed by atoms with van der Waals surface area (Å²) in [7, 11) is 0. The number of fused-ring (bicyclic) bond motifs is 1. The number of thiophene rings is 1. The van der Waals surface area contributed by atoms with Crippen LogP contribution in [0.15, 0.2) is 81.0 Å². The van der Waals surface area contributed by atoms with Gasteiger partial charge in [-0.2, -0.15) is 0 Å². The second-order valence-corrected chi connectivity index (χ2v) is 11.1. The highest BCUT2D eigenvalue weighted by Gasteiger charge is 2.33. The number of rotatable bonds is 8. The number of anilines is 1. The first-order chi connectivity index (χ1) is 19.4. The molecule has 202 valence electrons. The maximum atomic E-state index is 13.9. The summed E-state index contributed by atoms with van der Waals surface area (Å²) in [5.41, 5.74) is 2.02. The molecule has 0 spiro atoms. The summed E-state index contributed by atoms with van der Waals surface area (Å²) in [6, 6.07) is 15.8. The van der Waals surface area contributed by atoms with Crippen LogP contribution in [0.3, 0.4) is 0 Å². The van der Waals surface area contributed by atoms with E-state index in [9.17, 15) is 9.59 Å². The van der Waals surface area contributed by atoms with Gasteiger partial charge in [0.05, 0.1) is 27.4 Å². The van der Waals surface area contributed by atoms with Crippen LogP contribution in [0.4, 0.5) is 5.69 Å². The summed E-state index contributed by atoms with van der Waals surface area (Å²) in [6.45, 7) is 4.07. The average molecular weight is 590 g/mol. The van der Waals surface area contributed by atoms with E-state index in [0.29, 0.717) is 55.0 Å². The van der Waals surface area contributed by atoms with Crippen LogP contribution in [0.25, 0.3) is 6.08 Å². The van der Waals surface area contributed by atoms with Gasteiger partial charge in [-0.3, -0.25) is 14.2 Å². The number of allylic oxidation sites excluding steroid dienone is 1. The number of aromatic nitrogens is 1. The summed E-state index contributed by atoms with van der Waals surface area (Å²) in [4.78, 5) is 33.5. The van der Waals surface area contributed by atoms with Crippen molar-refractivity contribution in [3.05, 3.63) is 106 Å². The quantitative estimate of drug-likeness (QED) is 0.293. The normalized spacial score (nSPS) is 14.8. The number of hydrogen-bond acceptors (Lipinski definition) is 7. The van der Waals surface area contributed by atoms with Crippen molar-refractivity contribution in [2.75, 3.05) is 18.5 Å². The molecule has 10 heteroatoms. The van der Waals surface area contributed by atoms with Crippen LogP contribution < -0.4 is 29.7 Å². The van der Waals surface area contributed by atoms with Gasteiger partial charge in [-0.05, 0) is 61.2 Å². The topological polar surface area (TPSA) is 81.9 Å². The number of hydrogen-bond donors (Lipinski definition) is 1. The molecule has 1 N–H and O–H groups in total. The Morgan fingerprint density at radius 3 is 2.73 bits per heavy atom. The Morgan fingerprint density at radius 1 is 1.23 bits per heavy atom. The second kappa shape index (κ2) is 12.0. The van der Waals surface area contributed by atoms with Crippen molar-refractivity contribution in [3.8, 4) is 23.8 Å². The molecule has 1 aliphatic rings. The van der Waals surface area contributed by atoms with Crippen LogP contribution in [-0.4, -0.2) is 23.7 Å². The van der Waals surface area contributed by atoms with Gasteiger partial charge >= 0.3 is 0 Å². The van der Waals surface area contributed by atoms with Crippen molar-refractivity contribution in [3.63, 3.8) is 0 Å². The zero-order chi connectivity index (χ0) is 28.2. The number of carbonyl (C=O) groups excluding carboxylic acids is 1. The molecule has 3 heterocycles. The largest absolute Gasteiger partial charge is 0.490 e. The molecule has 2 aromatic heterocycles. The maximum absolute atomic E-state index is 13.9. The van der Waals surface area contributed by atoms with Crippen LogP contribution in [0.2, 0.25) is 5.02 Å². The fourth-order valence-electron chi connectivity index (χ4n) is 4.39. The highest BCUT2D eigenvalue weighted by atomic mass is 35.5. The standard InChI is InChI=1S/C30H24ClN3O4S2/c1-4-13-38-27-21(31)15-19(16-22(27)37-5-2)17-24-29(36)34-26(23-12-9-14-39-23)25(18(3)32-30(34)40-24)28(35)33-20-10-7-6-8-11-20/h1,6-12,14-17,26H,5,13H2,2-3H3,(H,33,35)/b24-17-/t26-/m0/s1. The van der Waals surface area contributed by atoms with Crippen molar-refractivity contribution in [2.24, 2.45) is 4.99 Å². The predicted molar refractivity (Wildman–Crippen MR) is 160 cm³/mol. The molecule has 0 radical (unpaired) electrons. The lowest BCUT2D eigenvalue weighted by Crippen LogP contribution is -2.40. The first-order valence-corrected chi connectivity index (χ1v) is 14.4. The SMILES string of the molecule is C#CCOc1c(Cl)cc(/C=c2\sc3n(c2=O)[C@@H](c2cccs2)C(C(=O)Nc2ccccc2)=C(C)N=3)cc1OCC. The molecule has 0 aliphatic carbocycles. The van der Waals surface area contributed by atoms with Gasteiger partial charge in [0.1, 0.15) is 12.6 Å².